The summed E-state index contributed by atoms with van der Waals surface area (Å²) in [6.07, 6.45) is 6.09. The van der Waals surface area contributed by atoms with Crippen molar-refractivity contribution < 1.29 is 5.11 Å². The second-order valence-electron chi connectivity index (χ2n) is 5.52. The average molecular weight is 279 g/mol. The Morgan fingerprint density at radius 3 is 2.84 bits per heavy atom. The summed E-state index contributed by atoms with van der Waals surface area (Å²) in [5.41, 5.74) is 2.39. The fourth-order valence-corrected chi connectivity index (χ4v) is 3.73. The number of fused-ring (bicyclic) bond motifs is 1. The quantitative estimate of drug-likeness (QED) is 0.907. The normalized spacial score (nSPS) is 24.2. The first kappa shape index (κ1) is 13.1. The lowest BCUT2D eigenvalue weighted by Gasteiger charge is -2.26. The molecule has 1 fully saturated rings. The highest BCUT2D eigenvalue weighted by Gasteiger charge is 2.19. The smallest absolute Gasteiger partial charge is 0.194 e. The molecular formula is C14H21N3OS. The van der Waals surface area contributed by atoms with Crippen LogP contribution in [0.5, 0.6) is 0 Å². The first-order valence-corrected chi connectivity index (χ1v) is 7.80. The van der Waals surface area contributed by atoms with E-state index in [1.54, 1.807) is 11.3 Å². The van der Waals surface area contributed by atoms with E-state index in [2.05, 4.69) is 34.7 Å². The van der Waals surface area contributed by atoms with Crippen molar-refractivity contribution in [1.82, 2.24) is 14.7 Å². The van der Waals surface area contributed by atoms with Crippen LogP contribution in [-0.2, 0) is 6.54 Å². The largest absolute Gasteiger partial charge is 0.393 e. The van der Waals surface area contributed by atoms with Crippen LogP contribution >= 0.6 is 11.3 Å². The summed E-state index contributed by atoms with van der Waals surface area (Å²) < 4.78 is 2.21. The van der Waals surface area contributed by atoms with Gasteiger partial charge in [-0.3, -0.25) is 4.40 Å². The number of thiazole rings is 1. The van der Waals surface area contributed by atoms with E-state index in [-0.39, 0.29) is 6.10 Å². The van der Waals surface area contributed by atoms with Gasteiger partial charge in [0.2, 0.25) is 0 Å². The Hall–Kier alpha value is -0.910. The zero-order chi connectivity index (χ0) is 13.4. The molecule has 0 spiro atoms. The van der Waals surface area contributed by atoms with E-state index in [1.807, 2.05) is 0 Å². The van der Waals surface area contributed by atoms with Crippen LogP contribution in [0, 0.1) is 13.8 Å². The van der Waals surface area contributed by atoms with Gasteiger partial charge in [-0.1, -0.05) is 0 Å². The van der Waals surface area contributed by atoms with Gasteiger partial charge in [-0.2, -0.15) is 0 Å². The Morgan fingerprint density at radius 2 is 2.11 bits per heavy atom. The van der Waals surface area contributed by atoms with Gasteiger partial charge in [0.25, 0.3) is 0 Å². The fourth-order valence-electron chi connectivity index (χ4n) is 2.84. The summed E-state index contributed by atoms with van der Waals surface area (Å²) in [6.45, 7) is 5.06. The van der Waals surface area contributed by atoms with Crippen molar-refractivity contribution in [2.75, 3.05) is 0 Å². The monoisotopic (exact) mass is 279 g/mol. The van der Waals surface area contributed by atoms with E-state index < -0.39 is 0 Å². The molecule has 0 atom stereocenters. The maximum Gasteiger partial charge on any atom is 0.194 e. The Kier molecular flexibility index (Phi) is 3.60. The molecule has 0 radical (unpaired) electrons. The van der Waals surface area contributed by atoms with Crippen molar-refractivity contribution in [1.29, 1.82) is 0 Å². The molecule has 1 saturated carbocycles. The van der Waals surface area contributed by atoms with Crippen molar-refractivity contribution in [3.63, 3.8) is 0 Å². The number of hydrogen-bond donors (Lipinski definition) is 2. The maximum absolute atomic E-state index is 9.53. The van der Waals surface area contributed by atoms with Gasteiger partial charge in [0, 0.05) is 23.7 Å². The zero-order valence-corrected chi connectivity index (χ0v) is 12.3. The molecule has 104 valence electrons. The van der Waals surface area contributed by atoms with Crippen LogP contribution < -0.4 is 5.32 Å². The Bertz CT molecular complexity index is 567. The number of imidazole rings is 1. The van der Waals surface area contributed by atoms with Gasteiger partial charge in [-0.25, -0.2) is 4.98 Å². The summed E-state index contributed by atoms with van der Waals surface area (Å²) in [5, 5.41) is 13.1. The van der Waals surface area contributed by atoms with Gasteiger partial charge in [-0.15, -0.1) is 11.3 Å². The minimum Gasteiger partial charge on any atom is -0.393 e. The molecule has 3 rings (SSSR count). The van der Waals surface area contributed by atoms with E-state index in [0.717, 1.165) is 42.9 Å². The van der Waals surface area contributed by atoms with Gasteiger partial charge >= 0.3 is 0 Å². The highest BCUT2D eigenvalue weighted by molar-refractivity contribution is 7.17. The van der Waals surface area contributed by atoms with E-state index in [4.69, 9.17) is 0 Å². The predicted molar refractivity (Wildman–Crippen MR) is 77.6 cm³/mol. The lowest BCUT2D eigenvalue weighted by Crippen LogP contribution is -2.34. The van der Waals surface area contributed by atoms with Crippen LogP contribution in [0.4, 0.5) is 0 Å². The van der Waals surface area contributed by atoms with Gasteiger partial charge in [-0.05, 0) is 39.5 Å². The number of hydrogen-bond acceptors (Lipinski definition) is 4. The first-order valence-electron chi connectivity index (χ1n) is 6.99. The van der Waals surface area contributed by atoms with Crippen LogP contribution in [-0.4, -0.2) is 26.6 Å². The highest BCUT2D eigenvalue weighted by Crippen LogP contribution is 2.22. The summed E-state index contributed by atoms with van der Waals surface area (Å²) in [4.78, 5) is 7.00. The Balaban J connectivity index is 1.69. The van der Waals surface area contributed by atoms with E-state index in [0.29, 0.717) is 6.04 Å². The molecule has 0 aromatic carbocycles. The van der Waals surface area contributed by atoms with E-state index >= 15 is 0 Å². The number of aliphatic hydroxyl groups is 1. The van der Waals surface area contributed by atoms with Crippen molar-refractivity contribution in [2.45, 2.75) is 58.2 Å². The van der Waals surface area contributed by atoms with Crippen LogP contribution in [0.1, 0.15) is 41.9 Å². The summed E-state index contributed by atoms with van der Waals surface area (Å²) >= 11 is 1.74. The molecule has 2 aromatic rings. The SMILES string of the molecule is Cc1cn2c(CNC3CCC(O)CC3)c(C)nc2s1. The minimum absolute atomic E-state index is 0.0824. The molecule has 0 saturated heterocycles. The summed E-state index contributed by atoms with van der Waals surface area (Å²) in [5.74, 6) is 0. The molecule has 0 amide bonds. The molecule has 2 aromatic heterocycles. The van der Waals surface area contributed by atoms with Gasteiger partial charge in [0.05, 0.1) is 17.5 Å². The van der Waals surface area contributed by atoms with Gasteiger partial charge in [0.1, 0.15) is 0 Å². The number of aliphatic hydroxyl groups excluding tert-OH is 1. The maximum atomic E-state index is 9.53. The zero-order valence-electron chi connectivity index (χ0n) is 11.5. The average Bonchev–Trinajstić information content (AvgIpc) is 2.85. The van der Waals surface area contributed by atoms with Gasteiger partial charge in [0.15, 0.2) is 4.96 Å². The molecule has 0 bridgehead atoms. The molecule has 19 heavy (non-hydrogen) atoms. The van der Waals surface area contributed by atoms with Crippen LogP contribution in [0.3, 0.4) is 0 Å². The molecular weight excluding hydrogens is 258 g/mol. The Labute approximate surface area is 117 Å². The first-order chi connectivity index (χ1) is 9.13. The van der Waals surface area contributed by atoms with E-state index in [1.165, 1.54) is 10.6 Å². The number of aryl methyl sites for hydroxylation is 2. The molecule has 0 unspecified atom stereocenters. The standard InChI is InChI=1S/C14H21N3OS/c1-9-8-17-13(10(2)16-14(17)19-9)7-15-11-3-5-12(18)6-4-11/h8,11-12,15,18H,3-7H2,1-2H3. The summed E-state index contributed by atoms with van der Waals surface area (Å²) in [7, 11) is 0. The molecule has 2 N–H and O–H groups in total. The number of nitrogens with zero attached hydrogens (tertiary/aromatic N) is 2. The molecule has 0 aliphatic heterocycles. The van der Waals surface area contributed by atoms with E-state index in [9.17, 15) is 5.11 Å². The number of aromatic nitrogens is 2. The number of nitrogens with one attached hydrogen (secondary N) is 1. The fraction of sp³-hybridized carbons (Fsp3) is 0.643. The van der Waals surface area contributed by atoms with Crippen molar-refractivity contribution in [3.05, 3.63) is 22.5 Å². The van der Waals surface area contributed by atoms with Crippen LogP contribution in [0.15, 0.2) is 6.20 Å². The molecule has 1 aliphatic rings. The van der Waals surface area contributed by atoms with Crippen molar-refractivity contribution >= 4 is 16.3 Å². The minimum atomic E-state index is -0.0824. The topological polar surface area (TPSA) is 49.6 Å². The third-order valence-electron chi connectivity index (χ3n) is 4.00. The second kappa shape index (κ2) is 5.23. The van der Waals surface area contributed by atoms with Crippen molar-refractivity contribution in [3.8, 4) is 0 Å². The van der Waals surface area contributed by atoms with Crippen LogP contribution in [0.2, 0.25) is 0 Å². The van der Waals surface area contributed by atoms with Crippen molar-refractivity contribution in [2.24, 2.45) is 0 Å². The highest BCUT2D eigenvalue weighted by atomic mass is 32.1. The van der Waals surface area contributed by atoms with Crippen LogP contribution in [0.25, 0.3) is 4.96 Å². The second-order valence-corrected chi connectivity index (χ2v) is 6.74. The lowest BCUT2D eigenvalue weighted by molar-refractivity contribution is 0.116. The van der Waals surface area contributed by atoms with Gasteiger partial charge < -0.3 is 10.4 Å². The molecule has 1 aliphatic carbocycles. The third kappa shape index (κ3) is 2.68. The molecule has 4 nitrogen and oxygen atoms in total. The lowest BCUT2D eigenvalue weighted by atomic mass is 9.93. The predicted octanol–water partition coefficient (Wildman–Crippen LogP) is 2.41. The Morgan fingerprint density at radius 1 is 1.37 bits per heavy atom. The molecule has 5 heteroatoms. The number of rotatable bonds is 3. The molecule has 2 heterocycles. The summed E-state index contributed by atoms with van der Waals surface area (Å²) in [6, 6.07) is 0.535. The third-order valence-corrected chi connectivity index (χ3v) is 4.89.